The Morgan fingerprint density at radius 3 is 2.30 bits per heavy atom. The van der Waals surface area contributed by atoms with Gasteiger partial charge in [0, 0.05) is 19.5 Å². The molecule has 0 aliphatic carbocycles. The van der Waals surface area contributed by atoms with Crippen molar-refractivity contribution in [2.45, 2.75) is 39.8 Å². The van der Waals surface area contributed by atoms with Gasteiger partial charge in [-0.3, -0.25) is 9.59 Å². The number of hydrogen-bond acceptors (Lipinski definition) is 3. The van der Waals surface area contributed by atoms with Crippen molar-refractivity contribution in [1.29, 1.82) is 0 Å². The summed E-state index contributed by atoms with van der Waals surface area (Å²) in [6.07, 6.45) is 0.425. The second-order valence-electron chi connectivity index (χ2n) is 8.16. The second-order valence-corrected chi connectivity index (χ2v) is 8.16. The van der Waals surface area contributed by atoms with Gasteiger partial charge < -0.3 is 15.0 Å². The molecule has 5 heteroatoms. The number of rotatable bonds is 10. The molecule has 0 bridgehead atoms. The quantitative estimate of drug-likeness (QED) is 0.502. The van der Waals surface area contributed by atoms with Crippen LogP contribution in [0.25, 0.3) is 0 Å². The van der Waals surface area contributed by atoms with Crippen molar-refractivity contribution in [3.63, 3.8) is 0 Å². The van der Waals surface area contributed by atoms with Crippen LogP contribution in [-0.4, -0.2) is 35.9 Å². The van der Waals surface area contributed by atoms with Gasteiger partial charge >= 0.3 is 0 Å². The Labute approximate surface area is 196 Å². The SMILES string of the molecule is CCNC(=O)[C@@H](Cc1ccccc1)N(Cc1cccc(C)c1)C(=O)COc1ccccc1C. The molecular formula is C28H32N2O3. The molecule has 33 heavy (non-hydrogen) atoms. The lowest BCUT2D eigenvalue weighted by Crippen LogP contribution is -2.51. The van der Waals surface area contributed by atoms with Crippen LogP contribution >= 0.6 is 0 Å². The van der Waals surface area contributed by atoms with Gasteiger partial charge in [0.1, 0.15) is 11.8 Å². The average Bonchev–Trinajstić information content (AvgIpc) is 2.81. The molecule has 3 aromatic rings. The highest BCUT2D eigenvalue weighted by Gasteiger charge is 2.30. The zero-order chi connectivity index (χ0) is 23.6. The molecular weight excluding hydrogens is 412 g/mol. The number of carbonyl (C=O) groups excluding carboxylic acids is 2. The van der Waals surface area contributed by atoms with Gasteiger partial charge in [-0.2, -0.15) is 0 Å². The molecule has 0 heterocycles. The molecule has 0 saturated heterocycles. The van der Waals surface area contributed by atoms with Crippen LogP contribution in [0, 0.1) is 13.8 Å². The predicted molar refractivity (Wildman–Crippen MR) is 131 cm³/mol. The van der Waals surface area contributed by atoms with Crippen LogP contribution in [0.3, 0.4) is 0 Å². The summed E-state index contributed by atoms with van der Waals surface area (Å²) in [5, 5.41) is 2.91. The predicted octanol–water partition coefficient (Wildman–Crippen LogP) is 4.46. The van der Waals surface area contributed by atoms with Gasteiger partial charge in [-0.1, -0.05) is 78.4 Å². The molecule has 0 radical (unpaired) electrons. The third kappa shape index (κ3) is 6.94. The highest BCUT2D eigenvalue weighted by Crippen LogP contribution is 2.19. The number of nitrogens with zero attached hydrogens (tertiary/aromatic N) is 1. The van der Waals surface area contributed by atoms with E-state index in [-0.39, 0.29) is 18.4 Å². The van der Waals surface area contributed by atoms with E-state index < -0.39 is 6.04 Å². The molecule has 0 unspecified atom stereocenters. The maximum Gasteiger partial charge on any atom is 0.261 e. The Balaban J connectivity index is 1.90. The van der Waals surface area contributed by atoms with E-state index in [2.05, 4.69) is 5.32 Å². The molecule has 3 rings (SSSR count). The van der Waals surface area contributed by atoms with Gasteiger partial charge in [0.2, 0.25) is 5.91 Å². The molecule has 0 aromatic heterocycles. The molecule has 1 atom stereocenters. The first-order valence-corrected chi connectivity index (χ1v) is 11.3. The normalized spacial score (nSPS) is 11.5. The molecule has 1 N–H and O–H groups in total. The zero-order valence-corrected chi connectivity index (χ0v) is 19.6. The summed E-state index contributed by atoms with van der Waals surface area (Å²) in [6, 6.07) is 24.7. The fourth-order valence-electron chi connectivity index (χ4n) is 3.79. The zero-order valence-electron chi connectivity index (χ0n) is 19.6. The summed E-state index contributed by atoms with van der Waals surface area (Å²) in [5.41, 5.74) is 4.03. The lowest BCUT2D eigenvalue weighted by Gasteiger charge is -2.31. The molecule has 2 amide bonds. The van der Waals surface area contributed by atoms with Gasteiger partial charge in [0.05, 0.1) is 0 Å². The van der Waals surface area contributed by atoms with Crippen molar-refractivity contribution in [3.05, 3.63) is 101 Å². The minimum absolute atomic E-state index is 0.138. The maximum absolute atomic E-state index is 13.5. The third-order valence-electron chi connectivity index (χ3n) is 5.50. The molecule has 0 spiro atoms. The smallest absolute Gasteiger partial charge is 0.261 e. The van der Waals surface area contributed by atoms with E-state index in [4.69, 9.17) is 4.74 Å². The first kappa shape index (κ1) is 24.1. The summed E-state index contributed by atoms with van der Waals surface area (Å²) in [4.78, 5) is 28.3. The van der Waals surface area contributed by atoms with Crippen LogP contribution in [0.15, 0.2) is 78.9 Å². The number of nitrogens with one attached hydrogen (secondary N) is 1. The van der Waals surface area contributed by atoms with E-state index in [1.165, 1.54) is 0 Å². The van der Waals surface area contributed by atoms with E-state index in [1.54, 1.807) is 4.90 Å². The van der Waals surface area contributed by atoms with E-state index >= 15 is 0 Å². The van der Waals surface area contributed by atoms with Gasteiger partial charge in [-0.25, -0.2) is 0 Å². The van der Waals surface area contributed by atoms with Crippen LogP contribution < -0.4 is 10.1 Å². The molecule has 5 nitrogen and oxygen atoms in total. The monoisotopic (exact) mass is 444 g/mol. The van der Waals surface area contributed by atoms with E-state index in [0.717, 1.165) is 22.3 Å². The van der Waals surface area contributed by atoms with E-state index in [1.807, 2.05) is 99.6 Å². The van der Waals surface area contributed by atoms with Crippen LogP contribution in [0.2, 0.25) is 0 Å². The van der Waals surface area contributed by atoms with Crippen LogP contribution in [0.1, 0.15) is 29.2 Å². The molecule has 0 fully saturated rings. The number of para-hydroxylation sites is 1. The summed E-state index contributed by atoms with van der Waals surface area (Å²) in [5.74, 6) is 0.268. The van der Waals surface area contributed by atoms with E-state index in [9.17, 15) is 9.59 Å². The summed E-state index contributed by atoms with van der Waals surface area (Å²) < 4.78 is 5.86. The fraction of sp³-hybridized carbons (Fsp3) is 0.286. The van der Waals surface area contributed by atoms with E-state index in [0.29, 0.717) is 25.3 Å². The number of hydrogen-bond donors (Lipinski definition) is 1. The molecule has 0 aliphatic rings. The highest BCUT2D eigenvalue weighted by molar-refractivity contribution is 5.88. The standard InChI is InChI=1S/C28H32N2O3/c1-4-29-28(32)25(18-23-13-6-5-7-14-23)30(19-24-15-10-11-21(2)17-24)27(31)20-33-26-16-9-8-12-22(26)3/h5-17,25H,4,18-20H2,1-3H3,(H,29,32)/t25-/m1/s1. The van der Waals surface area contributed by atoms with Crippen LogP contribution in [-0.2, 0) is 22.6 Å². The van der Waals surface area contributed by atoms with Crippen molar-refractivity contribution in [1.82, 2.24) is 10.2 Å². The van der Waals surface area contributed by atoms with Gasteiger partial charge in [0.25, 0.3) is 5.91 Å². The largest absolute Gasteiger partial charge is 0.484 e. The van der Waals surface area contributed by atoms with Crippen molar-refractivity contribution < 1.29 is 14.3 Å². The average molecular weight is 445 g/mol. The van der Waals surface area contributed by atoms with Crippen molar-refractivity contribution in [2.24, 2.45) is 0 Å². The van der Waals surface area contributed by atoms with Crippen LogP contribution in [0.5, 0.6) is 5.75 Å². The Kier molecular flexibility index (Phi) is 8.64. The minimum Gasteiger partial charge on any atom is -0.484 e. The lowest BCUT2D eigenvalue weighted by atomic mass is 10.0. The Morgan fingerprint density at radius 1 is 0.909 bits per heavy atom. The lowest BCUT2D eigenvalue weighted by molar-refractivity contribution is -0.142. The number of carbonyl (C=O) groups is 2. The molecule has 172 valence electrons. The number of aryl methyl sites for hydroxylation is 2. The maximum atomic E-state index is 13.5. The molecule has 0 aliphatic heterocycles. The third-order valence-corrected chi connectivity index (χ3v) is 5.50. The first-order chi connectivity index (χ1) is 16.0. The second kappa shape index (κ2) is 11.9. The summed E-state index contributed by atoms with van der Waals surface area (Å²) >= 11 is 0. The minimum atomic E-state index is -0.652. The number of amides is 2. The Bertz CT molecular complexity index is 1070. The summed E-state index contributed by atoms with van der Waals surface area (Å²) in [7, 11) is 0. The molecule has 0 saturated carbocycles. The number of benzene rings is 3. The van der Waals surface area contributed by atoms with Crippen molar-refractivity contribution >= 4 is 11.8 Å². The molecule has 3 aromatic carbocycles. The Morgan fingerprint density at radius 2 is 1.61 bits per heavy atom. The van der Waals surface area contributed by atoms with Crippen molar-refractivity contribution in [2.75, 3.05) is 13.2 Å². The van der Waals surface area contributed by atoms with Gasteiger partial charge in [-0.15, -0.1) is 0 Å². The van der Waals surface area contributed by atoms with Gasteiger partial charge in [-0.05, 0) is 43.5 Å². The van der Waals surface area contributed by atoms with Crippen molar-refractivity contribution in [3.8, 4) is 5.75 Å². The topological polar surface area (TPSA) is 58.6 Å². The fourth-order valence-corrected chi connectivity index (χ4v) is 3.79. The van der Waals surface area contributed by atoms with Gasteiger partial charge in [0.15, 0.2) is 6.61 Å². The Hall–Kier alpha value is -3.60. The number of ether oxygens (including phenoxy) is 1. The first-order valence-electron chi connectivity index (χ1n) is 11.3. The number of likely N-dealkylation sites (N-methyl/N-ethyl adjacent to an activating group) is 1. The highest BCUT2D eigenvalue weighted by atomic mass is 16.5. The summed E-state index contributed by atoms with van der Waals surface area (Å²) in [6.45, 7) is 6.52. The van der Waals surface area contributed by atoms with Crippen LogP contribution in [0.4, 0.5) is 0 Å².